The molecule has 1 aliphatic rings. The average Bonchev–Trinajstić information content (AvgIpc) is 2.15. The van der Waals surface area contributed by atoms with Crippen molar-refractivity contribution < 1.29 is 13.2 Å². The normalized spacial score (nSPS) is 22.8. The maximum absolute atomic E-state index is 13.7. The Balaban J connectivity index is 3.22. The van der Waals surface area contributed by atoms with Gasteiger partial charge in [0.05, 0.1) is 6.04 Å². The van der Waals surface area contributed by atoms with Gasteiger partial charge in [-0.3, -0.25) is 4.99 Å². The molecule has 0 aromatic rings. The number of allylic oxidation sites excluding steroid dienone is 1. The summed E-state index contributed by atoms with van der Waals surface area (Å²) in [6.07, 6.45) is -0.209. The highest BCUT2D eigenvalue weighted by Crippen LogP contribution is 2.35. The van der Waals surface area contributed by atoms with Crippen molar-refractivity contribution in [3.8, 4) is 0 Å². The minimum absolute atomic E-state index is 0.102. The van der Waals surface area contributed by atoms with Gasteiger partial charge in [0, 0.05) is 18.4 Å². The number of hydrogen-bond donors (Lipinski definition) is 0. The fourth-order valence-electron chi connectivity index (χ4n) is 1.88. The quantitative estimate of drug-likeness (QED) is 0.694. The van der Waals surface area contributed by atoms with E-state index in [1.54, 1.807) is 20.8 Å². The highest BCUT2D eigenvalue weighted by molar-refractivity contribution is 6.06. The van der Waals surface area contributed by atoms with Crippen LogP contribution in [0.2, 0.25) is 0 Å². The van der Waals surface area contributed by atoms with Gasteiger partial charge in [0.25, 0.3) is 5.92 Å². The number of halogens is 3. The molecule has 16 heavy (non-hydrogen) atoms. The molecule has 1 aliphatic heterocycles. The van der Waals surface area contributed by atoms with Crippen LogP contribution < -0.4 is 0 Å². The summed E-state index contributed by atoms with van der Waals surface area (Å²) in [5.41, 5.74) is -0.244. The molecule has 92 valence electrons. The predicted octanol–water partition coefficient (Wildman–Crippen LogP) is 4.14. The van der Waals surface area contributed by atoms with Gasteiger partial charge >= 0.3 is 0 Å². The SMILES string of the molecule is CCC(F)(F)C1=N[C@H](C)CC(F)=C1C(C)C. The maximum atomic E-state index is 13.7. The van der Waals surface area contributed by atoms with Gasteiger partial charge in [-0.15, -0.1) is 0 Å². The van der Waals surface area contributed by atoms with Gasteiger partial charge in [0.1, 0.15) is 11.5 Å². The number of hydrogen-bond acceptors (Lipinski definition) is 1. The smallest absolute Gasteiger partial charge is 0.280 e. The number of aliphatic imine (C=N–C) groups is 1. The molecule has 4 heteroatoms. The van der Waals surface area contributed by atoms with Crippen LogP contribution in [0, 0.1) is 5.92 Å². The van der Waals surface area contributed by atoms with Crippen LogP contribution in [0.5, 0.6) is 0 Å². The second kappa shape index (κ2) is 4.60. The van der Waals surface area contributed by atoms with Gasteiger partial charge in [-0.1, -0.05) is 20.8 Å². The van der Waals surface area contributed by atoms with E-state index >= 15 is 0 Å². The van der Waals surface area contributed by atoms with Gasteiger partial charge in [0.15, 0.2) is 0 Å². The maximum Gasteiger partial charge on any atom is 0.289 e. The largest absolute Gasteiger partial charge is 0.289 e. The lowest BCUT2D eigenvalue weighted by molar-refractivity contribution is 0.0724. The number of alkyl halides is 2. The van der Waals surface area contributed by atoms with Gasteiger partial charge in [-0.25, -0.2) is 4.39 Å². The summed E-state index contributed by atoms with van der Waals surface area (Å²) >= 11 is 0. The van der Waals surface area contributed by atoms with Crippen LogP contribution in [0.1, 0.15) is 40.5 Å². The lowest BCUT2D eigenvalue weighted by Crippen LogP contribution is -2.35. The van der Waals surface area contributed by atoms with E-state index in [-0.39, 0.29) is 30.0 Å². The van der Waals surface area contributed by atoms with Crippen LogP contribution >= 0.6 is 0 Å². The van der Waals surface area contributed by atoms with Crippen molar-refractivity contribution in [3.63, 3.8) is 0 Å². The Bertz CT molecular complexity index is 329. The third kappa shape index (κ3) is 2.47. The third-order valence-electron chi connectivity index (χ3n) is 2.74. The van der Waals surface area contributed by atoms with Gasteiger partial charge in [-0.2, -0.15) is 8.78 Å². The first-order valence-electron chi connectivity index (χ1n) is 5.64. The molecule has 0 radical (unpaired) electrons. The highest BCUT2D eigenvalue weighted by atomic mass is 19.3. The third-order valence-corrected chi connectivity index (χ3v) is 2.74. The van der Waals surface area contributed by atoms with Crippen LogP contribution in [0.15, 0.2) is 16.4 Å². The fourth-order valence-corrected chi connectivity index (χ4v) is 1.88. The standard InChI is InChI=1S/C12H18F3N/c1-5-12(14,15)11-10(7(2)3)9(13)6-8(4)16-11/h7-8H,5-6H2,1-4H3/t8-/m1/s1. The first kappa shape index (κ1) is 13.3. The molecule has 0 aromatic heterocycles. The zero-order chi connectivity index (χ0) is 12.5. The van der Waals surface area contributed by atoms with Crippen LogP contribution in [-0.2, 0) is 0 Å². The first-order valence-corrected chi connectivity index (χ1v) is 5.64. The van der Waals surface area contributed by atoms with Crippen LogP contribution in [0.4, 0.5) is 13.2 Å². The van der Waals surface area contributed by atoms with E-state index < -0.39 is 17.8 Å². The molecule has 1 heterocycles. The first-order chi connectivity index (χ1) is 7.29. The molecule has 0 N–H and O–H groups in total. The molecular weight excluding hydrogens is 215 g/mol. The Morgan fingerprint density at radius 3 is 2.44 bits per heavy atom. The Hall–Kier alpha value is -0.800. The van der Waals surface area contributed by atoms with Crippen molar-refractivity contribution in [3.05, 3.63) is 11.4 Å². The zero-order valence-corrected chi connectivity index (χ0v) is 10.2. The van der Waals surface area contributed by atoms with E-state index in [2.05, 4.69) is 4.99 Å². The number of nitrogens with zero attached hydrogens (tertiary/aromatic N) is 1. The lowest BCUT2D eigenvalue weighted by Gasteiger charge is -2.27. The van der Waals surface area contributed by atoms with E-state index in [0.717, 1.165) is 0 Å². The molecule has 0 saturated heterocycles. The Morgan fingerprint density at radius 2 is 2.00 bits per heavy atom. The summed E-state index contributed by atoms with van der Waals surface area (Å²) in [4.78, 5) is 3.95. The van der Waals surface area contributed by atoms with Crippen molar-refractivity contribution in [2.45, 2.75) is 52.5 Å². The van der Waals surface area contributed by atoms with Gasteiger partial charge in [0.2, 0.25) is 0 Å². The summed E-state index contributed by atoms with van der Waals surface area (Å²) in [5, 5.41) is 0. The predicted molar refractivity (Wildman–Crippen MR) is 59.7 cm³/mol. The van der Waals surface area contributed by atoms with Crippen molar-refractivity contribution in [1.29, 1.82) is 0 Å². The summed E-state index contributed by atoms with van der Waals surface area (Å²) in [5.74, 6) is -3.71. The molecule has 0 bridgehead atoms. The molecule has 0 aliphatic carbocycles. The molecule has 1 nitrogen and oxygen atoms in total. The average molecular weight is 233 g/mol. The van der Waals surface area contributed by atoms with Crippen LogP contribution in [-0.4, -0.2) is 17.7 Å². The van der Waals surface area contributed by atoms with E-state index in [9.17, 15) is 13.2 Å². The second-order valence-corrected chi connectivity index (χ2v) is 4.56. The molecule has 0 amide bonds. The summed E-state index contributed by atoms with van der Waals surface area (Å²) in [7, 11) is 0. The van der Waals surface area contributed by atoms with E-state index in [1.807, 2.05) is 0 Å². The van der Waals surface area contributed by atoms with E-state index in [0.29, 0.717) is 0 Å². The Labute approximate surface area is 94.5 Å². The van der Waals surface area contributed by atoms with Crippen LogP contribution in [0.3, 0.4) is 0 Å². The molecule has 0 aromatic carbocycles. The van der Waals surface area contributed by atoms with Crippen molar-refractivity contribution in [2.75, 3.05) is 0 Å². The molecular formula is C12H18F3N. The summed E-state index contributed by atoms with van der Waals surface area (Å²) < 4.78 is 41.1. The number of dihydropyridines is 1. The Morgan fingerprint density at radius 1 is 1.44 bits per heavy atom. The van der Waals surface area contributed by atoms with E-state index in [1.165, 1.54) is 6.92 Å². The Kier molecular flexibility index (Phi) is 3.81. The minimum atomic E-state index is -3.02. The van der Waals surface area contributed by atoms with Crippen molar-refractivity contribution >= 4 is 5.71 Å². The van der Waals surface area contributed by atoms with Crippen molar-refractivity contribution in [2.24, 2.45) is 10.9 Å². The van der Waals surface area contributed by atoms with E-state index in [4.69, 9.17) is 0 Å². The monoisotopic (exact) mass is 233 g/mol. The summed E-state index contributed by atoms with van der Waals surface area (Å²) in [6, 6.07) is -0.394. The molecule has 0 fully saturated rings. The zero-order valence-electron chi connectivity index (χ0n) is 10.2. The fraction of sp³-hybridized carbons (Fsp3) is 0.750. The lowest BCUT2D eigenvalue weighted by atomic mass is 9.88. The molecule has 0 unspecified atom stereocenters. The van der Waals surface area contributed by atoms with Crippen LogP contribution in [0.25, 0.3) is 0 Å². The highest BCUT2D eigenvalue weighted by Gasteiger charge is 2.40. The molecule has 0 spiro atoms. The molecule has 1 atom stereocenters. The van der Waals surface area contributed by atoms with Crippen molar-refractivity contribution in [1.82, 2.24) is 0 Å². The minimum Gasteiger partial charge on any atom is -0.280 e. The van der Waals surface area contributed by atoms with Gasteiger partial charge < -0.3 is 0 Å². The summed E-state index contributed by atoms with van der Waals surface area (Å²) in [6.45, 7) is 6.47. The molecule has 1 rings (SSSR count). The van der Waals surface area contributed by atoms with Gasteiger partial charge in [-0.05, 0) is 12.8 Å². The second-order valence-electron chi connectivity index (χ2n) is 4.56. The molecule has 0 saturated carbocycles. The topological polar surface area (TPSA) is 12.4 Å². The number of rotatable bonds is 3.